The molecular weight excluding hydrogens is 372 g/mol. The highest BCUT2D eigenvalue weighted by atomic mass is 16.6. The minimum atomic E-state index is -0.546. The first-order chi connectivity index (χ1) is 14.1. The van der Waals surface area contributed by atoms with E-state index in [0.29, 0.717) is 18.0 Å². The fourth-order valence-corrected chi connectivity index (χ4v) is 2.93. The van der Waals surface area contributed by atoms with Gasteiger partial charge in [-0.3, -0.25) is 19.8 Å². The van der Waals surface area contributed by atoms with E-state index in [1.165, 1.54) is 23.1 Å². The molecular formula is C22H18N2O5. The molecule has 0 spiro atoms. The molecule has 1 unspecified atom stereocenters. The normalized spacial score (nSPS) is 14.8. The van der Waals surface area contributed by atoms with Gasteiger partial charge in [0.05, 0.1) is 11.5 Å². The number of anilines is 2. The molecule has 0 aromatic heterocycles. The van der Waals surface area contributed by atoms with E-state index in [9.17, 15) is 14.9 Å². The molecule has 7 nitrogen and oxygen atoms in total. The lowest BCUT2D eigenvalue weighted by molar-refractivity contribution is -0.385. The molecule has 0 aliphatic carbocycles. The Bertz CT molecular complexity index is 980. The largest absolute Gasteiger partial charge is 0.484 e. The average molecular weight is 390 g/mol. The molecule has 1 heterocycles. The monoisotopic (exact) mass is 390 g/mol. The van der Waals surface area contributed by atoms with Gasteiger partial charge in [0.25, 0.3) is 5.91 Å². The highest BCUT2D eigenvalue weighted by Gasteiger charge is 2.27. The van der Waals surface area contributed by atoms with Crippen molar-refractivity contribution in [2.45, 2.75) is 6.10 Å². The van der Waals surface area contributed by atoms with Crippen LogP contribution >= 0.6 is 0 Å². The zero-order valence-electron chi connectivity index (χ0n) is 15.4. The van der Waals surface area contributed by atoms with E-state index in [1.54, 1.807) is 0 Å². The Kier molecular flexibility index (Phi) is 5.22. The van der Waals surface area contributed by atoms with Crippen LogP contribution in [0.25, 0.3) is 0 Å². The number of para-hydroxylation sites is 2. The van der Waals surface area contributed by atoms with E-state index in [2.05, 4.69) is 0 Å². The number of carbonyl (C=O) groups is 1. The van der Waals surface area contributed by atoms with Crippen LogP contribution in [0.15, 0.2) is 78.9 Å². The summed E-state index contributed by atoms with van der Waals surface area (Å²) in [6.07, 6.45) is -0.0254. The molecule has 0 radical (unpaired) electrons. The van der Waals surface area contributed by atoms with Crippen molar-refractivity contribution in [1.29, 1.82) is 0 Å². The van der Waals surface area contributed by atoms with Gasteiger partial charge in [-0.1, -0.05) is 36.4 Å². The van der Waals surface area contributed by atoms with Crippen LogP contribution in [0.5, 0.6) is 5.75 Å². The summed E-state index contributed by atoms with van der Waals surface area (Å²) in [6.45, 7) is 0.835. The van der Waals surface area contributed by atoms with Crippen LogP contribution in [0.1, 0.15) is 10.4 Å². The van der Waals surface area contributed by atoms with E-state index in [-0.39, 0.29) is 35.6 Å². The van der Waals surface area contributed by atoms with Crippen LogP contribution < -0.4 is 9.64 Å². The number of rotatable bonds is 7. The van der Waals surface area contributed by atoms with E-state index < -0.39 is 4.92 Å². The number of nitro benzene ring substituents is 1. The third-order valence-electron chi connectivity index (χ3n) is 4.46. The van der Waals surface area contributed by atoms with Crippen molar-refractivity contribution in [3.63, 3.8) is 0 Å². The third kappa shape index (κ3) is 4.25. The first-order valence-electron chi connectivity index (χ1n) is 9.11. The third-order valence-corrected chi connectivity index (χ3v) is 4.46. The molecule has 4 rings (SSSR count). The summed E-state index contributed by atoms with van der Waals surface area (Å²) in [4.78, 5) is 25.9. The molecule has 1 amide bonds. The van der Waals surface area contributed by atoms with Crippen LogP contribution in [-0.4, -0.2) is 30.1 Å². The Labute approximate surface area is 167 Å². The SMILES string of the molecule is O=C(c1ccc(OCC2CO2)c([N+](=O)[O-])c1)N(c1ccccc1)c1ccccc1. The molecule has 0 N–H and O–H groups in total. The van der Waals surface area contributed by atoms with E-state index in [4.69, 9.17) is 9.47 Å². The van der Waals surface area contributed by atoms with Crippen molar-refractivity contribution in [3.05, 3.63) is 94.5 Å². The maximum absolute atomic E-state index is 13.4. The van der Waals surface area contributed by atoms with Crippen molar-refractivity contribution in [3.8, 4) is 5.75 Å². The van der Waals surface area contributed by atoms with Crippen molar-refractivity contribution in [2.24, 2.45) is 0 Å². The van der Waals surface area contributed by atoms with Gasteiger partial charge >= 0.3 is 5.69 Å². The number of epoxide rings is 1. The lowest BCUT2D eigenvalue weighted by Crippen LogP contribution is -2.26. The van der Waals surface area contributed by atoms with E-state index in [1.807, 2.05) is 60.7 Å². The van der Waals surface area contributed by atoms with Gasteiger partial charge in [0.1, 0.15) is 12.7 Å². The summed E-state index contributed by atoms with van der Waals surface area (Å²) in [5.41, 5.74) is 1.27. The Morgan fingerprint density at radius 1 is 1.03 bits per heavy atom. The number of nitrogens with zero attached hydrogens (tertiary/aromatic N) is 2. The molecule has 3 aromatic carbocycles. The Balaban J connectivity index is 1.70. The van der Waals surface area contributed by atoms with Crippen LogP contribution in [0.3, 0.4) is 0 Å². The molecule has 3 aromatic rings. The number of nitro groups is 1. The summed E-state index contributed by atoms with van der Waals surface area (Å²) in [7, 11) is 0. The fraction of sp³-hybridized carbons (Fsp3) is 0.136. The van der Waals surface area contributed by atoms with Gasteiger partial charge in [0, 0.05) is 23.0 Å². The van der Waals surface area contributed by atoms with Gasteiger partial charge in [-0.25, -0.2) is 0 Å². The van der Waals surface area contributed by atoms with Crippen LogP contribution in [-0.2, 0) is 4.74 Å². The van der Waals surface area contributed by atoms with Gasteiger partial charge in [0.15, 0.2) is 5.75 Å². The number of benzene rings is 3. The minimum Gasteiger partial charge on any atom is -0.484 e. The summed E-state index contributed by atoms with van der Waals surface area (Å²) >= 11 is 0. The molecule has 0 saturated carbocycles. The predicted molar refractivity (Wildman–Crippen MR) is 108 cm³/mol. The van der Waals surface area contributed by atoms with Gasteiger partial charge in [0.2, 0.25) is 0 Å². The number of carbonyl (C=O) groups excluding carboxylic acids is 1. The highest BCUT2D eigenvalue weighted by molar-refractivity contribution is 6.11. The maximum Gasteiger partial charge on any atom is 0.311 e. The standard InChI is InChI=1S/C22H18N2O5/c25-22(23(17-7-3-1-4-8-17)18-9-5-2-6-10-18)16-11-12-21(20(13-16)24(26)27)29-15-19-14-28-19/h1-13,19H,14-15H2. The summed E-state index contributed by atoms with van der Waals surface area (Å²) in [5.74, 6) is -0.254. The van der Waals surface area contributed by atoms with Gasteiger partial charge < -0.3 is 9.47 Å². The summed E-state index contributed by atoms with van der Waals surface area (Å²) < 4.78 is 10.6. The molecule has 1 aliphatic rings. The van der Waals surface area contributed by atoms with Crippen molar-refractivity contribution in [2.75, 3.05) is 18.1 Å². The van der Waals surface area contributed by atoms with Crippen LogP contribution in [0.2, 0.25) is 0 Å². The number of ether oxygens (including phenoxy) is 2. The number of hydrogen-bond donors (Lipinski definition) is 0. The summed E-state index contributed by atoms with van der Waals surface area (Å²) in [5, 5.41) is 11.5. The zero-order valence-corrected chi connectivity index (χ0v) is 15.4. The molecule has 7 heteroatoms. The average Bonchev–Trinajstić information content (AvgIpc) is 3.58. The lowest BCUT2D eigenvalue weighted by atomic mass is 10.1. The highest BCUT2D eigenvalue weighted by Crippen LogP contribution is 2.32. The molecule has 1 aliphatic heterocycles. The Morgan fingerprint density at radius 3 is 2.14 bits per heavy atom. The van der Waals surface area contributed by atoms with Crippen molar-refractivity contribution >= 4 is 23.0 Å². The summed E-state index contributed by atoms with van der Waals surface area (Å²) in [6, 6.07) is 22.5. The van der Waals surface area contributed by atoms with Crippen LogP contribution in [0.4, 0.5) is 17.1 Å². The van der Waals surface area contributed by atoms with Gasteiger partial charge in [-0.05, 0) is 36.4 Å². The second-order valence-electron chi connectivity index (χ2n) is 6.52. The molecule has 1 saturated heterocycles. The smallest absolute Gasteiger partial charge is 0.311 e. The van der Waals surface area contributed by atoms with Gasteiger partial charge in [-0.2, -0.15) is 0 Å². The topological polar surface area (TPSA) is 85.2 Å². The Morgan fingerprint density at radius 2 is 1.62 bits per heavy atom. The van der Waals surface area contributed by atoms with E-state index in [0.717, 1.165) is 0 Å². The maximum atomic E-state index is 13.4. The zero-order chi connectivity index (χ0) is 20.2. The Hall–Kier alpha value is -3.71. The fourth-order valence-electron chi connectivity index (χ4n) is 2.93. The van der Waals surface area contributed by atoms with E-state index >= 15 is 0 Å². The second kappa shape index (κ2) is 8.12. The second-order valence-corrected chi connectivity index (χ2v) is 6.52. The minimum absolute atomic E-state index is 0.0254. The molecule has 146 valence electrons. The predicted octanol–water partition coefficient (Wildman–Crippen LogP) is 4.35. The van der Waals surface area contributed by atoms with Crippen molar-refractivity contribution < 1.29 is 19.2 Å². The quantitative estimate of drug-likeness (QED) is 0.340. The molecule has 29 heavy (non-hydrogen) atoms. The number of amides is 1. The van der Waals surface area contributed by atoms with Crippen LogP contribution in [0, 0.1) is 10.1 Å². The molecule has 1 atom stereocenters. The lowest BCUT2D eigenvalue weighted by Gasteiger charge is -2.23. The van der Waals surface area contributed by atoms with Gasteiger partial charge in [-0.15, -0.1) is 0 Å². The van der Waals surface area contributed by atoms with Crippen molar-refractivity contribution in [1.82, 2.24) is 0 Å². The first-order valence-corrected chi connectivity index (χ1v) is 9.11. The first kappa shape index (κ1) is 18.6. The number of hydrogen-bond acceptors (Lipinski definition) is 5. The molecule has 0 bridgehead atoms. The molecule has 1 fully saturated rings.